The van der Waals surface area contributed by atoms with Crippen LogP contribution >= 0.6 is 31.9 Å². The summed E-state index contributed by atoms with van der Waals surface area (Å²) in [5.41, 5.74) is -4.36. The van der Waals surface area contributed by atoms with Crippen molar-refractivity contribution in [2.45, 2.75) is 28.6 Å². The molecule has 0 aliphatic rings. The Morgan fingerprint density at radius 3 is 1.19 bits per heavy atom. The number of hydrogen-bond donors (Lipinski definition) is 0. The van der Waals surface area contributed by atoms with E-state index in [1.807, 2.05) is 0 Å². The Labute approximate surface area is 188 Å². The van der Waals surface area contributed by atoms with E-state index in [0.717, 1.165) is 0 Å². The topological polar surface area (TPSA) is 114 Å². The monoisotopic (exact) mass is 618 g/mol. The smallest absolute Gasteiger partial charge is 0.416 e. The van der Waals surface area contributed by atoms with E-state index in [2.05, 4.69) is 31.9 Å². The van der Waals surface area contributed by atoms with Crippen molar-refractivity contribution in [2.75, 3.05) is 0 Å². The van der Waals surface area contributed by atoms with E-state index in [1.165, 1.54) is 0 Å². The van der Waals surface area contributed by atoms with Crippen LogP contribution in [-0.2, 0) is 39.0 Å². The summed E-state index contributed by atoms with van der Waals surface area (Å²) >= 11 is 5.30. The van der Waals surface area contributed by atoms with Gasteiger partial charge in [0.2, 0.25) is 0 Å². The first-order valence-electron chi connectivity index (χ1n) is 7.44. The lowest BCUT2D eigenvalue weighted by atomic mass is 10.0. The molecule has 0 radical (unpaired) electrons. The van der Waals surface area contributed by atoms with Crippen LogP contribution in [0.15, 0.2) is 43.0 Å². The van der Waals surface area contributed by atoms with Gasteiger partial charge < -0.3 is 9.11 Å². The van der Waals surface area contributed by atoms with Gasteiger partial charge in [0.25, 0.3) is 0 Å². The molecule has 0 atom stereocenters. The van der Waals surface area contributed by atoms with Crippen LogP contribution in [0.3, 0.4) is 0 Å². The standard InChI is InChI=1S/C15H8Br2F6O6S2/c16-12-6(2-8(14(18,19)20)4-10(12)30(24,25)26)1-7-3-9(15(21,22)23)5-11(13(7)17)31(27,28)29/h2-5H,1H2,(H,24,25,26)(H,27,28,29)/p-2. The minimum atomic E-state index is -5.44. The van der Waals surface area contributed by atoms with Crippen molar-refractivity contribution in [2.24, 2.45) is 0 Å². The Kier molecular flexibility index (Phi) is 6.97. The second kappa shape index (κ2) is 8.30. The molecule has 0 spiro atoms. The van der Waals surface area contributed by atoms with E-state index in [9.17, 15) is 52.3 Å². The van der Waals surface area contributed by atoms with Gasteiger partial charge in [0.15, 0.2) is 0 Å². The van der Waals surface area contributed by atoms with Gasteiger partial charge in [-0.25, -0.2) is 16.8 Å². The summed E-state index contributed by atoms with van der Waals surface area (Å²) in [7, 11) is -10.9. The van der Waals surface area contributed by atoms with Crippen molar-refractivity contribution in [1.29, 1.82) is 0 Å². The van der Waals surface area contributed by atoms with E-state index >= 15 is 0 Å². The van der Waals surface area contributed by atoms with Gasteiger partial charge in [0.05, 0.1) is 20.9 Å². The number of alkyl halides is 6. The lowest BCUT2D eigenvalue weighted by molar-refractivity contribution is -0.138. The maximum Gasteiger partial charge on any atom is 0.416 e. The molecule has 0 unspecified atom stereocenters. The zero-order valence-corrected chi connectivity index (χ0v) is 19.1. The van der Waals surface area contributed by atoms with Crippen molar-refractivity contribution < 1.29 is 52.3 Å². The van der Waals surface area contributed by atoms with Gasteiger partial charge in [-0.15, -0.1) is 0 Å². The molecule has 2 rings (SSSR count). The highest BCUT2D eigenvalue weighted by molar-refractivity contribution is 9.10. The second-order valence-corrected chi connectivity index (χ2v) is 10.3. The van der Waals surface area contributed by atoms with Crippen molar-refractivity contribution in [3.8, 4) is 0 Å². The van der Waals surface area contributed by atoms with Gasteiger partial charge in [0, 0.05) is 8.95 Å². The largest absolute Gasteiger partial charge is 0.744 e. The first-order chi connectivity index (χ1) is 13.7. The highest BCUT2D eigenvalue weighted by atomic mass is 79.9. The predicted molar refractivity (Wildman–Crippen MR) is 97.0 cm³/mol. The molecule has 31 heavy (non-hydrogen) atoms. The molecule has 0 fully saturated rings. The number of hydrogen-bond acceptors (Lipinski definition) is 6. The van der Waals surface area contributed by atoms with Crippen LogP contribution in [0.5, 0.6) is 0 Å². The Hall–Kier alpha value is -1.20. The van der Waals surface area contributed by atoms with Crippen LogP contribution in [0, 0.1) is 0 Å². The van der Waals surface area contributed by atoms with E-state index in [4.69, 9.17) is 0 Å². The van der Waals surface area contributed by atoms with E-state index < -0.39 is 80.0 Å². The molecule has 0 aliphatic heterocycles. The molecule has 0 bridgehead atoms. The van der Waals surface area contributed by atoms with E-state index in [0.29, 0.717) is 12.1 Å². The normalized spacial score (nSPS) is 13.5. The quantitative estimate of drug-likeness (QED) is 0.364. The molecule has 6 nitrogen and oxygen atoms in total. The molecular formula is C15H6Br2F6O6S2-2. The number of benzene rings is 2. The van der Waals surface area contributed by atoms with Crippen molar-refractivity contribution in [3.63, 3.8) is 0 Å². The summed E-state index contributed by atoms with van der Waals surface area (Å²) in [6.07, 6.45) is -11.1. The molecule has 172 valence electrons. The maximum atomic E-state index is 13.1. The van der Waals surface area contributed by atoms with Crippen LogP contribution in [0.25, 0.3) is 0 Å². The minimum absolute atomic E-state index is 0.0463. The highest BCUT2D eigenvalue weighted by Crippen LogP contribution is 2.40. The molecule has 0 N–H and O–H groups in total. The molecule has 0 saturated carbocycles. The summed E-state index contributed by atoms with van der Waals surface area (Å²) in [6.45, 7) is 0. The summed E-state index contributed by atoms with van der Waals surface area (Å²) in [6, 6.07) is 0.836. The average Bonchev–Trinajstić information content (AvgIpc) is 2.53. The van der Waals surface area contributed by atoms with E-state index in [1.54, 1.807) is 0 Å². The van der Waals surface area contributed by atoms with Crippen LogP contribution in [0.4, 0.5) is 26.3 Å². The van der Waals surface area contributed by atoms with Gasteiger partial charge >= 0.3 is 12.4 Å². The molecule has 0 aliphatic carbocycles. The molecule has 0 amide bonds. The highest BCUT2D eigenvalue weighted by Gasteiger charge is 2.35. The fourth-order valence-corrected chi connectivity index (χ4v) is 5.64. The summed E-state index contributed by atoms with van der Waals surface area (Å²) < 4.78 is 146. The fourth-order valence-electron chi connectivity index (χ4n) is 2.46. The van der Waals surface area contributed by atoms with Crippen molar-refractivity contribution in [3.05, 3.63) is 55.5 Å². The molecule has 2 aromatic rings. The third-order valence-electron chi connectivity index (χ3n) is 3.80. The van der Waals surface area contributed by atoms with Gasteiger partial charge in [0.1, 0.15) is 20.2 Å². The van der Waals surface area contributed by atoms with Crippen LogP contribution in [0.1, 0.15) is 22.3 Å². The summed E-state index contributed by atoms with van der Waals surface area (Å²) in [4.78, 5) is -2.64. The molecular weight excluding hydrogens is 614 g/mol. The third-order valence-corrected chi connectivity index (χ3v) is 7.92. The number of halogens is 8. The lowest BCUT2D eigenvalue weighted by Gasteiger charge is -2.20. The van der Waals surface area contributed by atoms with Crippen LogP contribution < -0.4 is 0 Å². The Morgan fingerprint density at radius 1 is 0.677 bits per heavy atom. The minimum Gasteiger partial charge on any atom is -0.744 e. The predicted octanol–water partition coefficient (Wildman–Crippen LogP) is 4.65. The molecule has 2 aromatic carbocycles. The van der Waals surface area contributed by atoms with Gasteiger partial charge in [-0.05, 0) is 73.7 Å². The Morgan fingerprint density at radius 2 is 0.968 bits per heavy atom. The molecule has 0 aromatic heterocycles. The first kappa shape index (κ1) is 26.1. The second-order valence-electron chi connectivity index (χ2n) is 5.98. The summed E-state index contributed by atoms with van der Waals surface area (Å²) in [5.74, 6) is 0. The van der Waals surface area contributed by atoms with Crippen molar-refractivity contribution >= 4 is 52.1 Å². The fraction of sp³-hybridized carbons (Fsp3) is 0.200. The van der Waals surface area contributed by atoms with Gasteiger partial charge in [-0.3, -0.25) is 0 Å². The summed E-state index contributed by atoms with van der Waals surface area (Å²) in [5, 5.41) is 0. The van der Waals surface area contributed by atoms with Crippen LogP contribution in [0.2, 0.25) is 0 Å². The van der Waals surface area contributed by atoms with Crippen molar-refractivity contribution in [1.82, 2.24) is 0 Å². The first-order valence-corrected chi connectivity index (χ1v) is 11.8. The molecule has 0 saturated heterocycles. The zero-order chi connectivity index (χ0) is 24.2. The lowest BCUT2D eigenvalue weighted by Crippen LogP contribution is -2.12. The maximum absolute atomic E-state index is 13.1. The SMILES string of the molecule is O=S(=O)([O-])c1cc(C(F)(F)F)cc(Cc2cc(C(F)(F)F)cc(S(=O)(=O)[O-])c2Br)c1Br. The zero-order valence-electron chi connectivity index (χ0n) is 14.3. The Balaban J connectivity index is 2.85. The molecule has 16 heteroatoms. The van der Waals surface area contributed by atoms with Gasteiger partial charge in [-0.1, -0.05) is 0 Å². The molecule has 0 heterocycles. The average molecular weight is 620 g/mol. The van der Waals surface area contributed by atoms with Gasteiger partial charge in [-0.2, -0.15) is 26.3 Å². The Bertz CT molecular complexity index is 1160. The number of rotatable bonds is 4. The third kappa shape index (κ3) is 5.98. The van der Waals surface area contributed by atoms with E-state index in [-0.39, 0.29) is 12.1 Å². The van der Waals surface area contributed by atoms with Crippen LogP contribution in [-0.4, -0.2) is 25.9 Å².